The molecule has 11 heteroatoms. The molecule has 0 fully saturated rings. The number of carbonyl (C=O) groups is 1. The molecule has 8 nitrogen and oxygen atoms in total. The summed E-state index contributed by atoms with van der Waals surface area (Å²) in [6.45, 7) is 1.44. The number of carbonyl (C=O) groups excluding carboxylic acids is 1. The molecule has 3 aromatic rings. The zero-order valence-electron chi connectivity index (χ0n) is 16.4. The highest BCUT2D eigenvalue weighted by molar-refractivity contribution is 5.90. The minimum Gasteiger partial charge on any atom is -0.462 e. The SMILES string of the molecule is CCOC(=O)c1cnn(-c2ccc(N(N)/C=C(\N)c3cccnc3)cc2)c1C(F)(F)F. The van der Waals surface area contributed by atoms with Crippen LogP contribution in [0.15, 0.2) is 61.2 Å². The van der Waals surface area contributed by atoms with Crippen molar-refractivity contribution in [1.82, 2.24) is 14.8 Å². The van der Waals surface area contributed by atoms with Crippen LogP contribution >= 0.6 is 0 Å². The van der Waals surface area contributed by atoms with E-state index in [1.807, 2.05) is 0 Å². The summed E-state index contributed by atoms with van der Waals surface area (Å²) >= 11 is 0. The van der Waals surface area contributed by atoms with Gasteiger partial charge in [-0.3, -0.25) is 9.99 Å². The van der Waals surface area contributed by atoms with Crippen LogP contribution in [0.3, 0.4) is 0 Å². The highest BCUT2D eigenvalue weighted by Crippen LogP contribution is 2.34. The van der Waals surface area contributed by atoms with Crippen LogP contribution in [0.1, 0.15) is 28.5 Å². The first-order valence-corrected chi connectivity index (χ1v) is 9.06. The van der Waals surface area contributed by atoms with Crippen LogP contribution < -0.4 is 16.6 Å². The van der Waals surface area contributed by atoms with E-state index in [2.05, 4.69) is 10.1 Å². The second-order valence-corrected chi connectivity index (χ2v) is 6.29. The number of hydrogen-bond acceptors (Lipinski definition) is 7. The molecule has 0 bridgehead atoms. The number of nitrogens with zero attached hydrogens (tertiary/aromatic N) is 4. The van der Waals surface area contributed by atoms with E-state index < -0.39 is 23.4 Å². The summed E-state index contributed by atoms with van der Waals surface area (Å²) in [5, 5.41) is 4.96. The van der Waals surface area contributed by atoms with Crippen molar-refractivity contribution in [2.75, 3.05) is 11.6 Å². The number of hydrazine groups is 1. The number of nitrogens with two attached hydrogens (primary N) is 2. The Bertz CT molecular complexity index is 1080. The molecule has 0 amide bonds. The number of anilines is 1. The number of aromatic nitrogens is 3. The van der Waals surface area contributed by atoms with Gasteiger partial charge in [-0.25, -0.2) is 15.3 Å². The molecule has 0 saturated carbocycles. The van der Waals surface area contributed by atoms with Gasteiger partial charge in [-0.1, -0.05) is 0 Å². The smallest absolute Gasteiger partial charge is 0.434 e. The van der Waals surface area contributed by atoms with Gasteiger partial charge >= 0.3 is 12.1 Å². The third-order valence-electron chi connectivity index (χ3n) is 4.20. The monoisotopic (exact) mass is 432 g/mol. The highest BCUT2D eigenvalue weighted by atomic mass is 19.4. The first-order chi connectivity index (χ1) is 14.7. The van der Waals surface area contributed by atoms with Gasteiger partial charge in [0, 0.05) is 24.2 Å². The molecule has 2 aromatic heterocycles. The highest BCUT2D eigenvalue weighted by Gasteiger charge is 2.41. The Morgan fingerprint density at radius 3 is 2.52 bits per heavy atom. The maximum atomic E-state index is 13.6. The van der Waals surface area contributed by atoms with Gasteiger partial charge in [-0.2, -0.15) is 18.3 Å². The second-order valence-electron chi connectivity index (χ2n) is 6.29. The molecule has 2 heterocycles. The van der Waals surface area contributed by atoms with E-state index in [9.17, 15) is 18.0 Å². The number of esters is 1. The molecule has 4 N–H and O–H groups in total. The van der Waals surface area contributed by atoms with E-state index in [1.165, 1.54) is 42.4 Å². The minimum atomic E-state index is -4.82. The molecule has 0 aliphatic carbocycles. The van der Waals surface area contributed by atoms with Gasteiger partial charge in [0.15, 0.2) is 5.69 Å². The summed E-state index contributed by atoms with van der Waals surface area (Å²) in [4.78, 5) is 15.9. The number of rotatable bonds is 6. The Labute approximate surface area is 175 Å². The fourth-order valence-electron chi connectivity index (χ4n) is 2.77. The summed E-state index contributed by atoms with van der Waals surface area (Å²) in [7, 11) is 0. The summed E-state index contributed by atoms with van der Waals surface area (Å²) in [5.41, 5.74) is 5.67. The quantitative estimate of drug-likeness (QED) is 0.350. The molecule has 0 saturated heterocycles. The predicted molar refractivity (Wildman–Crippen MR) is 108 cm³/mol. The molecular weight excluding hydrogens is 413 g/mol. The van der Waals surface area contributed by atoms with Crippen molar-refractivity contribution >= 4 is 17.4 Å². The van der Waals surface area contributed by atoms with Crippen LogP contribution in [-0.2, 0) is 10.9 Å². The molecule has 0 radical (unpaired) electrons. The summed E-state index contributed by atoms with van der Waals surface area (Å²) in [6.07, 6.45) is 0.646. The largest absolute Gasteiger partial charge is 0.462 e. The van der Waals surface area contributed by atoms with E-state index >= 15 is 0 Å². The van der Waals surface area contributed by atoms with Crippen LogP contribution in [0, 0.1) is 0 Å². The van der Waals surface area contributed by atoms with Gasteiger partial charge in [0.2, 0.25) is 0 Å². The van der Waals surface area contributed by atoms with Crippen molar-refractivity contribution in [3.8, 4) is 5.69 Å². The van der Waals surface area contributed by atoms with Gasteiger partial charge in [-0.15, -0.1) is 0 Å². The van der Waals surface area contributed by atoms with Gasteiger partial charge in [0.1, 0.15) is 5.56 Å². The first-order valence-electron chi connectivity index (χ1n) is 9.06. The Morgan fingerprint density at radius 1 is 1.23 bits per heavy atom. The number of alkyl halides is 3. The Kier molecular flexibility index (Phi) is 6.25. The van der Waals surface area contributed by atoms with E-state index in [0.717, 1.165) is 6.20 Å². The van der Waals surface area contributed by atoms with Crippen LogP contribution in [0.4, 0.5) is 18.9 Å². The number of ether oxygens (including phenoxy) is 1. The molecular formula is C20H19F3N6O2. The lowest BCUT2D eigenvalue weighted by atomic mass is 10.2. The minimum absolute atomic E-state index is 0.0575. The standard InChI is InChI=1S/C20H19F3N6O2/c1-2-31-19(30)16-11-27-29(18(16)20(21,22)23)15-7-5-14(6-8-15)28(25)12-17(24)13-4-3-9-26-10-13/h3-12H,2,24-25H2,1H3/b17-12-. The van der Waals surface area contributed by atoms with E-state index in [-0.39, 0.29) is 12.3 Å². The lowest BCUT2D eigenvalue weighted by Crippen LogP contribution is -2.25. The summed E-state index contributed by atoms with van der Waals surface area (Å²) in [5.74, 6) is 4.90. The van der Waals surface area contributed by atoms with Crippen LogP contribution in [0.5, 0.6) is 0 Å². The van der Waals surface area contributed by atoms with Crippen molar-refractivity contribution in [2.45, 2.75) is 13.1 Å². The Balaban J connectivity index is 1.90. The molecule has 0 unspecified atom stereocenters. The number of benzene rings is 1. The average Bonchev–Trinajstić information content (AvgIpc) is 3.20. The lowest BCUT2D eigenvalue weighted by molar-refractivity contribution is -0.143. The molecule has 0 atom stereocenters. The van der Waals surface area contributed by atoms with Crippen molar-refractivity contribution in [2.24, 2.45) is 11.6 Å². The van der Waals surface area contributed by atoms with Crippen molar-refractivity contribution < 1.29 is 22.7 Å². The fraction of sp³-hybridized carbons (Fsp3) is 0.150. The van der Waals surface area contributed by atoms with Gasteiger partial charge in [-0.05, 0) is 43.3 Å². The average molecular weight is 432 g/mol. The summed E-state index contributed by atoms with van der Waals surface area (Å²) in [6, 6.07) is 9.25. The molecule has 0 aliphatic rings. The first kappa shape index (κ1) is 21.8. The van der Waals surface area contributed by atoms with Crippen LogP contribution in [-0.4, -0.2) is 27.3 Å². The predicted octanol–water partition coefficient (Wildman–Crippen LogP) is 3.10. The Morgan fingerprint density at radius 2 is 1.94 bits per heavy atom. The molecule has 0 aliphatic heterocycles. The molecule has 31 heavy (non-hydrogen) atoms. The third kappa shape index (κ3) is 4.83. The van der Waals surface area contributed by atoms with Crippen molar-refractivity contribution in [3.63, 3.8) is 0 Å². The van der Waals surface area contributed by atoms with E-state index in [4.69, 9.17) is 16.3 Å². The maximum absolute atomic E-state index is 13.6. The van der Waals surface area contributed by atoms with Crippen LogP contribution in [0.25, 0.3) is 11.4 Å². The van der Waals surface area contributed by atoms with Gasteiger partial charge < -0.3 is 10.5 Å². The zero-order valence-corrected chi connectivity index (χ0v) is 16.4. The van der Waals surface area contributed by atoms with Crippen LogP contribution in [0.2, 0.25) is 0 Å². The van der Waals surface area contributed by atoms with Crippen molar-refractivity contribution in [3.05, 3.63) is 78.0 Å². The van der Waals surface area contributed by atoms with E-state index in [1.54, 1.807) is 24.5 Å². The third-order valence-corrected chi connectivity index (χ3v) is 4.20. The van der Waals surface area contributed by atoms with Gasteiger partial charge in [0.25, 0.3) is 0 Å². The normalized spacial score (nSPS) is 12.0. The Hall–Kier alpha value is -3.86. The second kappa shape index (κ2) is 8.88. The molecule has 162 valence electrons. The van der Waals surface area contributed by atoms with Crippen molar-refractivity contribution in [1.29, 1.82) is 0 Å². The molecule has 3 rings (SSSR count). The number of halogens is 3. The topological polar surface area (TPSA) is 112 Å². The fourth-order valence-corrected chi connectivity index (χ4v) is 2.77. The zero-order chi connectivity index (χ0) is 22.6. The summed E-state index contributed by atoms with van der Waals surface area (Å²) < 4.78 is 46.2. The number of hydrogen-bond donors (Lipinski definition) is 2. The maximum Gasteiger partial charge on any atom is 0.434 e. The van der Waals surface area contributed by atoms with Gasteiger partial charge in [0.05, 0.1) is 29.9 Å². The lowest BCUT2D eigenvalue weighted by Gasteiger charge is -2.17. The molecule has 0 spiro atoms. The van der Waals surface area contributed by atoms with E-state index in [0.29, 0.717) is 21.6 Å². The molecule has 1 aromatic carbocycles. The number of pyridine rings is 1.